The molecule has 0 amide bonds. The van der Waals surface area contributed by atoms with Crippen molar-refractivity contribution in [2.45, 2.75) is 354 Å². The second-order valence-electron chi connectivity index (χ2n) is 22.7. The SMILES string of the molecule is CC/C=C\C/C=C\C/C=C\C/C=C\C/C=C\C/C=C\CCCCC(=O)OC(COC(=O)CCCCCCCC)COC(=O)CCCCCCCCCCCCCCCCCCCCCCCCCCCCCCCCCCC. The Balaban J connectivity index is 4.01. The first-order valence-electron chi connectivity index (χ1n) is 33.9. The standard InChI is InChI=1S/C72H128O6/c1-4-7-10-13-16-18-20-22-24-26-28-30-31-32-33-34-35-36-37-38-39-40-41-43-44-46-48-50-52-54-56-59-62-65-71(74)77-68-69(67-76-70(73)64-61-58-15-12-9-6-3)78-72(75)66-63-60-57-55-53-51-49-47-45-42-29-27-25-23-21-19-17-14-11-8-5-2/h8,11,17,19,23,25,29,42,47,49,53,55,69H,4-7,9-10,12-16,18,20-22,24,26-28,30-41,43-46,48,50-52,54,56-68H2,1-3H3/b11-8-,19-17-,25-23-,42-29-,49-47-,55-53-. The highest BCUT2D eigenvalue weighted by atomic mass is 16.6. The molecule has 0 heterocycles. The Bertz CT molecular complexity index is 1440. The molecule has 0 spiro atoms. The fraction of sp³-hybridized carbons (Fsp3) is 0.792. The van der Waals surface area contributed by atoms with Crippen LogP contribution < -0.4 is 0 Å². The van der Waals surface area contributed by atoms with Gasteiger partial charge in [0.2, 0.25) is 0 Å². The maximum absolute atomic E-state index is 12.8. The topological polar surface area (TPSA) is 78.9 Å². The van der Waals surface area contributed by atoms with Crippen LogP contribution in [0.1, 0.15) is 348 Å². The molecule has 0 radical (unpaired) electrons. The Hall–Kier alpha value is -3.15. The third-order valence-electron chi connectivity index (χ3n) is 15.0. The first-order valence-corrected chi connectivity index (χ1v) is 33.9. The second kappa shape index (κ2) is 66.4. The van der Waals surface area contributed by atoms with Crippen LogP contribution in [0.2, 0.25) is 0 Å². The largest absolute Gasteiger partial charge is 0.462 e. The zero-order chi connectivity index (χ0) is 56.4. The summed E-state index contributed by atoms with van der Waals surface area (Å²) in [4.78, 5) is 38.0. The van der Waals surface area contributed by atoms with Gasteiger partial charge in [0.1, 0.15) is 13.2 Å². The van der Waals surface area contributed by atoms with E-state index in [1.54, 1.807) is 0 Å². The highest BCUT2D eigenvalue weighted by molar-refractivity contribution is 5.71. The zero-order valence-corrected chi connectivity index (χ0v) is 51.9. The number of carbonyl (C=O) groups is 3. The fourth-order valence-corrected chi connectivity index (χ4v) is 9.92. The molecule has 0 rings (SSSR count). The number of rotatable bonds is 62. The van der Waals surface area contributed by atoms with Gasteiger partial charge in [0.15, 0.2) is 6.10 Å². The lowest BCUT2D eigenvalue weighted by Crippen LogP contribution is -2.30. The van der Waals surface area contributed by atoms with Gasteiger partial charge in [-0.1, -0.05) is 331 Å². The number of ether oxygens (including phenoxy) is 3. The van der Waals surface area contributed by atoms with Crippen molar-refractivity contribution in [3.63, 3.8) is 0 Å². The summed E-state index contributed by atoms with van der Waals surface area (Å²) in [5.41, 5.74) is 0. The average molecular weight is 1090 g/mol. The van der Waals surface area contributed by atoms with E-state index in [1.807, 2.05) is 0 Å². The molecule has 0 aromatic heterocycles. The quantitative estimate of drug-likeness (QED) is 0.0261. The van der Waals surface area contributed by atoms with Gasteiger partial charge in [0.25, 0.3) is 0 Å². The van der Waals surface area contributed by atoms with Crippen LogP contribution >= 0.6 is 0 Å². The zero-order valence-electron chi connectivity index (χ0n) is 51.9. The van der Waals surface area contributed by atoms with Gasteiger partial charge >= 0.3 is 17.9 Å². The summed E-state index contributed by atoms with van der Waals surface area (Å²) in [5, 5.41) is 0. The minimum Gasteiger partial charge on any atom is -0.462 e. The molecule has 0 saturated heterocycles. The number of unbranched alkanes of at least 4 members (excludes halogenated alkanes) is 39. The molecule has 1 atom stereocenters. The van der Waals surface area contributed by atoms with Gasteiger partial charge in [-0.25, -0.2) is 0 Å². The Morgan fingerprint density at radius 2 is 0.500 bits per heavy atom. The molecule has 0 bridgehead atoms. The molecule has 0 aliphatic rings. The molecular weight excluding hydrogens is 961 g/mol. The van der Waals surface area contributed by atoms with Crippen molar-refractivity contribution in [1.29, 1.82) is 0 Å². The summed E-state index contributed by atoms with van der Waals surface area (Å²) in [6.45, 7) is 6.47. The lowest BCUT2D eigenvalue weighted by molar-refractivity contribution is -0.167. The lowest BCUT2D eigenvalue weighted by Gasteiger charge is -2.18. The molecule has 0 aromatic rings. The van der Waals surface area contributed by atoms with Crippen LogP contribution in [0.25, 0.3) is 0 Å². The Kier molecular flexibility index (Phi) is 63.7. The third kappa shape index (κ3) is 63.7. The summed E-state index contributed by atoms with van der Waals surface area (Å²) in [6, 6.07) is 0. The van der Waals surface area contributed by atoms with Crippen molar-refractivity contribution in [3.05, 3.63) is 72.9 Å². The molecule has 0 aliphatic heterocycles. The summed E-state index contributed by atoms with van der Waals surface area (Å²) >= 11 is 0. The van der Waals surface area contributed by atoms with Crippen molar-refractivity contribution in [1.82, 2.24) is 0 Å². The summed E-state index contributed by atoms with van der Waals surface area (Å²) in [5.74, 6) is -0.931. The highest BCUT2D eigenvalue weighted by Crippen LogP contribution is 2.18. The molecule has 6 nitrogen and oxygen atoms in total. The first-order chi connectivity index (χ1) is 38.5. The predicted molar refractivity (Wildman–Crippen MR) is 339 cm³/mol. The molecule has 78 heavy (non-hydrogen) atoms. The fourth-order valence-electron chi connectivity index (χ4n) is 9.92. The molecule has 0 aliphatic carbocycles. The molecule has 0 N–H and O–H groups in total. The van der Waals surface area contributed by atoms with Crippen LogP contribution in [0.3, 0.4) is 0 Å². The normalized spacial score (nSPS) is 12.5. The number of allylic oxidation sites excluding steroid dienone is 12. The number of esters is 3. The van der Waals surface area contributed by atoms with E-state index in [-0.39, 0.29) is 37.5 Å². The minimum atomic E-state index is -0.795. The molecular formula is C72H128O6. The van der Waals surface area contributed by atoms with E-state index in [0.29, 0.717) is 19.3 Å². The molecule has 6 heteroatoms. The summed E-state index contributed by atoms with van der Waals surface area (Å²) in [7, 11) is 0. The van der Waals surface area contributed by atoms with Gasteiger partial charge in [0.05, 0.1) is 0 Å². The van der Waals surface area contributed by atoms with E-state index < -0.39 is 6.10 Å². The molecule has 452 valence electrons. The third-order valence-corrected chi connectivity index (χ3v) is 15.0. The van der Waals surface area contributed by atoms with Gasteiger partial charge in [-0.15, -0.1) is 0 Å². The number of hydrogen-bond acceptors (Lipinski definition) is 6. The highest BCUT2D eigenvalue weighted by Gasteiger charge is 2.19. The first kappa shape index (κ1) is 74.8. The van der Waals surface area contributed by atoms with E-state index in [4.69, 9.17) is 14.2 Å². The van der Waals surface area contributed by atoms with Crippen LogP contribution in [-0.2, 0) is 28.6 Å². The summed E-state index contributed by atoms with van der Waals surface area (Å²) in [6.07, 6.45) is 87.0. The van der Waals surface area contributed by atoms with Crippen molar-refractivity contribution in [3.8, 4) is 0 Å². The predicted octanol–water partition coefficient (Wildman–Crippen LogP) is 23.3. The van der Waals surface area contributed by atoms with E-state index in [1.165, 1.54) is 212 Å². The van der Waals surface area contributed by atoms with Crippen molar-refractivity contribution >= 4 is 17.9 Å². The minimum absolute atomic E-state index is 0.0902. The number of carbonyl (C=O) groups excluding carboxylic acids is 3. The van der Waals surface area contributed by atoms with E-state index in [9.17, 15) is 14.4 Å². The van der Waals surface area contributed by atoms with Crippen LogP contribution in [-0.4, -0.2) is 37.2 Å². The molecule has 1 unspecified atom stereocenters. The van der Waals surface area contributed by atoms with E-state index in [2.05, 4.69) is 93.7 Å². The maximum Gasteiger partial charge on any atom is 0.306 e. The van der Waals surface area contributed by atoms with E-state index >= 15 is 0 Å². The van der Waals surface area contributed by atoms with Crippen molar-refractivity contribution in [2.24, 2.45) is 0 Å². The van der Waals surface area contributed by atoms with Crippen molar-refractivity contribution in [2.75, 3.05) is 13.2 Å². The van der Waals surface area contributed by atoms with E-state index in [0.717, 1.165) is 89.9 Å². The smallest absolute Gasteiger partial charge is 0.306 e. The van der Waals surface area contributed by atoms with Gasteiger partial charge in [-0.2, -0.15) is 0 Å². The molecule has 0 saturated carbocycles. The average Bonchev–Trinajstić information content (AvgIpc) is 3.44. The monoisotopic (exact) mass is 1090 g/mol. The van der Waals surface area contributed by atoms with Crippen LogP contribution in [0, 0.1) is 0 Å². The van der Waals surface area contributed by atoms with Crippen LogP contribution in [0.15, 0.2) is 72.9 Å². The van der Waals surface area contributed by atoms with Gasteiger partial charge in [0, 0.05) is 19.3 Å². The molecule has 0 fully saturated rings. The van der Waals surface area contributed by atoms with Crippen molar-refractivity contribution < 1.29 is 28.6 Å². The van der Waals surface area contributed by atoms with Crippen LogP contribution in [0.4, 0.5) is 0 Å². The molecule has 0 aromatic carbocycles. The second-order valence-corrected chi connectivity index (χ2v) is 22.7. The summed E-state index contributed by atoms with van der Waals surface area (Å²) < 4.78 is 16.8. The maximum atomic E-state index is 12.8. The lowest BCUT2D eigenvalue weighted by atomic mass is 10.0. The Morgan fingerprint density at radius 3 is 0.782 bits per heavy atom. The van der Waals surface area contributed by atoms with Gasteiger partial charge < -0.3 is 14.2 Å². The Morgan fingerprint density at radius 1 is 0.269 bits per heavy atom. The van der Waals surface area contributed by atoms with Crippen LogP contribution in [0.5, 0.6) is 0 Å². The Labute approximate surface area is 484 Å². The number of hydrogen-bond donors (Lipinski definition) is 0. The van der Waals surface area contributed by atoms with Gasteiger partial charge in [-0.05, 0) is 70.6 Å². The van der Waals surface area contributed by atoms with Gasteiger partial charge in [-0.3, -0.25) is 14.4 Å².